The average Bonchev–Trinajstić information content (AvgIpc) is 3.89. The van der Waals surface area contributed by atoms with E-state index in [2.05, 4.69) is 15.6 Å². The van der Waals surface area contributed by atoms with Gasteiger partial charge >= 0.3 is 18.0 Å². The molecule has 4 saturated carbocycles. The number of aliphatic hydroxyl groups excluding tert-OH is 1. The van der Waals surface area contributed by atoms with E-state index in [9.17, 15) is 33.9 Å². The molecule has 3 N–H and O–H groups in total. The maximum absolute atomic E-state index is 17.7. The lowest BCUT2D eigenvalue weighted by Gasteiger charge is -2.59. The highest BCUT2D eigenvalue weighted by molar-refractivity contribution is 6.01. The van der Waals surface area contributed by atoms with Crippen molar-refractivity contribution in [1.29, 1.82) is 0 Å². The van der Waals surface area contributed by atoms with Crippen LogP contribution >= 0.6 is 0 Å². The van der Waals surface area contributed by atoms with Crippen molar-refractivity contribution in [2.45, 2.75) is 140 Å². The van der Waals surface area contributed by atoms with Crippen LogP contribution in [0.15, 0.2) is 84.7 Å². The fourth-order valence-electron chi connectivity index (χ4n) is 12.1. The van der Waals surface area contributed by atoms with Gasteiger partial charge in [-0.25, -0.2) is 9.18 Å². The molecule has 0 bridgehead atoms. The first kappa shape index (κ1) is 49.2. The number of nitrogens with zero attached hydrogens (tertiary/aromatic N) is 1. The molecule has 0 radical (unpaired) electrons. The highest BCUT2D eigenvalue weighted by atomic mass is 19.1. The van der Waals surface area contributed by atoms with Gasteiger partial charge < -0.3 is 39.4 Å². The molecule has 1 unspecified atom stereocenters. The lowest BCUT2D eigenvalue weighted by molar-refractivity contribution is -0.221. The number of carbonyl (C=O) groups excluding carboxylic acids is 6. The van der Waals surface area contributed by atoms with Gasteiger partial charge in [-0.05, 0) is 138 Å². The summed E-state index contributed by atoms with van der Waals surface area (Å²) in [4.78, 5) is 83.8. The largest absolute Gasteiger partial charge is 0.461 e. The van der Waals surface area contributed by atoms with E-state index in [0.717, 1.165) is 10.8 Å². The van der Waals surface area contributed by atoms with Gasteiger partial charge in [0.15, 0.2) is 29.4 Å². The molecule has 372 valence electrons. The SMILES string of the molecule is CC(C)(C)OC(=O)NC[C@@H](C(=O)Nc1ccc2cnccc2c1)c1ccc(COC(=O)CC2(CC(=O)OCC(=O)[C@@]34OC(C)(C)O[C@@H]3C[C@@H]3C4C[C@H](O)[C@@]4(F)[C@H]3CCC3=CC(=O)C=C[C@@]34C)CC2)cc1. The van der Waals surface area contributed by atoms with E-state index < -0.39 is 93.9 Å². The summed E-state index contributed by atoms with van der Waals surface area (Å²) in [5, 5.41) is 19.2. The Balaban J connectivity index is 0.796. The number of benzene rings is 2. The number of allylic oxidation sites excluding steroid dienone is 4. The molecule has 2 heterocycles. The van der Waals surface area contributed by atoms with E-state index in [-0.39, 0.29) is 50.0 Å². The first-order valence-electron chi connectivity index (χ1n) is 24.3. The maximum Gasteiger partial charge on any atom is 0.407 e. The number of hydrogen-bond donors (Lipinski definition) is 3. The van der Waals surface area contributed by atoms with Crippen LogP contribution < -0.4 is 10.6 Å². The van der Waals surface area contributed by atoms with E-state index in [1.54, 1.807) is 90.3 Å². The molecule has 15 nitrogen and oxygen atoms in total. The van der Waals surface area contributed by atoms with E-state index in [0.29, 0.717) is 54.5 Å². The molecule has 1 saturated heterocycles. The molecule has 0 spiro atoms. The number of esters is 2. The zero-order chi connectivity index (χ0) is 50.0. The average molecular weight is 964 g/mol. The molecule has 9 rings (SSSR count). The summed E-state index contributed by atoms with van der Waals surface area (Å²) in [6.45, 7) is 9.64. The normalized spacial score (nSPS) is 30.4. The second-order valence-electron chi connectivity index (χ2n) is 21.9. The van der Waals surface area contributed by atoms with Crippen LogP contribution in [0.25, 0.3) is 10.8 Å². The van der Waals surface area contributed by atoms with Crippen LogP contribution in [0.5, 0.6) is 0 Å². The predicted molar refractivity (Wildman–Crippen MR) is 252 cm³/mol. The van der Waals surface area contributed by atoms with Gasteiger partial charge in [-0.15, -0.1) is 0 Å². The Morgan fingerprint density at radius 3 is 2.39 bits per heavy atom. The fourth-order valence-corrected chi connectivity index (χ4v) is 12.1. The number of alkyl halides is 1. The number of halogens is 1. The van der Waals surface area contributed by atoms with Crippen LogP contribution in [-0.4, -0.2) is 93.6 Å². The summed E-state index contributed by atoms with van der Waals surface area (Å²) in [6, 6.07) is 14.3. The molecule has 1 aromatic heterocycles. The summed E-state index contributed by atoms with van der Waals surface area (Å²) < 4.78 is 47.2. The minimum Gasteiger partial charge on any atom is -0.461 e. The molecule has 2 amide bonds. The van der Waals surface area contributed by atoms with Crippen molar-refractivity contribution in [2.24, 2.45) is 28.6 Å². The van der Waals surface area contributed by atoms with Crippen LogP contribution in [0.3, 0.4) is 0 Å². The number of hydrogen-bond acceptors (Lipinski definition) is 13. The highest BCUT2D eigenvalue weighted by Gasteiger charge is 2.75. The van der Waals surface area contributed by atoms with Crippen LogP contribution in [0, 0.1) is 28.6 Å². The van der Waals surface area contributed by atoms with E-state index in [1.165, 1.54) is 12.2 Å². The molecule has 3 aromatic rings. The number of ketones is 2. The number of ether oxygens (including phenoxy) is 5. The molecule has 16 heteroatoms. The van der Waals surface area contributed by atoms with E-state index in [1.807, 2.05) is 18.2 Å². The van der Waals surface area contributed by atoms with Gasteiger partial charge in [0.1, 0.15) is 12.2 Å². The Bertz CT molecular complexity index is 2670. The lowest BCUT2D eigenvalue weighted by atomic mass is 9.48. The Morgan fingerprint density at radius 2 is 1.67 bits per heavy atom. The highest BCUT2D eigenvalue weighted by Crippen LogP contribution is 2.68. The quantitative estimate of drug-likeness (QED) is 0.105. The number of anilines is 1. The molecule has 6 aliphatic rings. The van der Waals surface area contributed by atoms with E-state index in [4.69, 9.17) is 23.7 Å². The summed E-state index contributed by atoms with van der Waals surface area (Å²) in [5.41, 5.74) is -3.79. The van der Waals surface area contributed by atoms with Gasteiger partial charge in [-0.1, -0.05) is 42.0 Å². The topological polar surface area (TPSA) is 206 Å². The monoisotopic (exact) mass is 963 g/mol. The molecule has 9 atom stereocenters. The molecule has 5 aliphatic carbocycles. The molecule has 2 aromatic carbocycles. The zero-order valence-electron chi connectivity index (χ0n) is 40.5. The number of alkyl carbamates (subject to hydrolysis) is 1. The summed E-state index contributed by atoms with van der Waals surface area (Å²) in [6.07, 6.45) is 7.06. The van der Waals surface area contributed by atoms with Crippen molar-refractivity contribution in [3.63, 3.8) is 0 Å². The van der Waals surface area contributed by atoms with Crippen molar-refractivity contribution >= 4 is 52.0 Å². The second-order valence-corrected chi connectivity index (χ2v) is 21.9. The van der Waals surface area contributed by atoms with Crippen LogP contribution in [0.4, 0.5) is 14.9 Å². The summed E-state index contributed by atoms with van der Waals surface area (Å²) >= 11 is 0. The predicted octanol–water partition coefficient (Wildman–Crippen LogP) is 7.68. The Morgan fingerprint density at radius 1 is 0.943 bits per heavy atom. The molecular formula is C54H62FN3O12. The number of Topliss-reactive ketones (excluding diaryl/α,β-unsaturated/α-hetero) is 1. The Hall–Kier alpha value is -5.84. The Kier molecular flexibility index (Phi) is 12.7. The number of aliphatic hydroxyl groups is 1. The number of pyridine rings is 1. The third-order valence-corrected chi connectivity index (χ3v) is 15.6. The standard InChI is InChI=1S/C54H62FN3O12/c1-49(2,3)69-48(65)57-28-39(47(64)58-36-13-11-34-27-56-20-16-33(34)21-36)32-9-7-31(8-10-32)29-66-45(62)25-52(18-19-52)26-46(63)67-30-43(61)53-41-24-42(60)54(55)40(38(41)23-44(53)68-50(4,5)70-53)14-12-35-22-37(59)15-17-51(35,54)6/h7-11,13,15-17,20-22,27,38-42,44,60H,12,14,18-19,23-26,28-30H2,1-6H3,(H,57,65)(H,58,64)/t38-,39+,40-,41?,42-,44+,51-,53+,54-/m0/s1. The summed E-state index contributed by atoms with van der Waals surface area (Å²) in [5.74, 6) is -5.86. The van der Waals surface area contributed by atoms with Crippen molar-refractivity contribution in [3.8, 4) is 0 Å². The van der Waals surface area contributed by atoms with Gasteiger partial charge in [0, 0.05) is 47.3 Å². The number of carbonyl (C=O) groups is 6. The molecular weight excluding hydrogens is 902 g/mol. The first-order valence-corrected chi connectivity index (χ1v) is 24.3. The van der Waals surface area contributed by atoms with Gasteiger partial charge in [0.25, 0.3) is 0 Å². The third kappa shape index (κ3) is 9.30. The van der Waals surface area contributed by atoms with Crippen molar-refractivity contribution in [1.82, 2.24) is 10.3 Å². The number of nitrogens with one attached hydrogen (secondary N) is 2. The van der Waals surface area contributed by atoms with Crippen LogP contribution in [0.1, 0.15) is 110 Å². The minimum atomic E-state index is -2.09. The molecule has 5 fully saturated rings. The second kappa shape index (κ2) is 18.1. The molecule has 70 heavy (non-hydrogen) atoms. The number of amides is 2. The minimum absolute atomic E-state index is 0.0394. The Labute approximate surface area is 406 Å². The van der Waals surface area contributed by atoms with Crippen molar-refractivity contribution in [2.75, 3.05) is 18.5 Å². The van der Waals surface area contributed by atoms with Crippen LogP contribution in [0.2, 0.25) is 0 Å². The molecule has 1 aliphatic heterocycles. The van der Waals surface area contributed by atoms with Crippen molar-refractivity contribution < 1.29 is 61.9 Å². The van der Waals surface area contributed by atoms with Gasteiger partial charge in [0.05, 0.1) is 31.0 Å². The lowest BCUT2D eigenvalue weighted by Crippen LogP contribution is -2.66. The zero-order valence-corrected chi connectivity index (χ0v) is 40.5. The number of aromatic nitrogens is 1. The van der Waals surface area contributed by atoms with Gasteiger partial charge in [-0.2, -0.15) is 0 Å². The van der Waals surface area contributed by atoms with E-state index >= 15 is 4.39 Å². The summed E-state index contributed by atoms with van der Waals surface area (Å²) in [7, 11) is 0. The van der Waals surface area contributed by atoms with Gasteiger partial charge in [0.2, 0.25) is 11.7 Å². The third-order valence-electron chi connectivity index (χ3n) is 15.6. The van der Waals surface area contributed by atoms with Crippen molar-refractivity contribution in [3.05, 3.63) is 95.9 Å². The number of fused-ring (bicyclic) bond motifs is 8. The number of rotatable bonds is 14. The van der Waals surface area contributed by atoms with Gasteiger partial charge in [-0.3, -0.25) is 29.0 Å². The van der Waals surface area contributed by atoms with Crippen LogP contribution in [-0.2, 0) is 54.3 Å². The smallest absolute Gasteiger partial charge is 0.407 e. The fraction of sp³-hybridized carbons (Fsp3) is 0.537. The first-order chi connectivity index (χ1) is 33.0. The maximum atomic E-state index is 17.7.